The molecule has 1 N–H and O–H groups in total. The summed E-state index contributed by atoms with van der Waals surface area (Å²) in [6.45, 7) is 0. The number of benzene rings is 2. The molecule has 5 nitrogen and oxygen atoms in total. The summed E-state index contributed by atoms with van der Waals surface area (Å²) in [5, 5.41) is 11.6. The van der Waals surface area contributed by atoms with Crippen LogP contribution in [0.3, 0.4) is 0 Å². The smallest absolute Gasteiger partial charge is 0.328 e. The molecule has 1 unspecified atom stereocenters. The molecule has 0 bridgehead atoms. The van der Waals surface area contributed by atoms with Gasteiger partial charge in [0.05, 0.1) is 18.7 Å². The van der Waals surface area contributed by atoms with Crippen LogP contribution in [0, 0.1) is 11.3 Å². The molecule has 2 aromatic rings. The first-order valence-electron chi connectivity index (χ1n) is 7.07. The number of carbonyl (C=O) groups is 2. The zero-order valence-electron chi connectivity index (χ0n) is 12.7. The van der Waals surface area contributed by atoms with Gasteiger partial charge < -0.3 is 10.1 Å². The normalized spacial score (nSPS) is 11.1. The molecule has 0 aliphatic heterocycles. The summed E-state index contributed by atoms with van der Waals surface area (Å²) in [7, 11) is 1.27. The highest BCUT2D eigenvalue weighted by molar-refractivity contribution is 5.96. The standard InChI is InChI=1S/C18H16N2O3/c1-23-18(22)16(11-13-6-5-7-14(10-13)12-19)20-17(21)15-8-3-2-4-9-15/h2-10,16H,11H2,1H3,(H,20,21). The van der Waals surface area contributed by atoms with E-state index in [1.54, 1.807) is 48.5 Å². The van der Waals surface area contributed by atoms with Crippen LogP contribution in [0.25, 0.3) is 0 Å². The van der Waals surface area contributed by atoms with Crippen LogP contribution in [0.15, 0.2) is 54.6 Å². The van der Waals surface area contributed by atoms with E-state index in [-0.39, 0.29) is 12.3 Å². The van der Waals surface area contributed by atoms with Crippen molar-refractivity contribution in [2.75, 3.05) is 7.11 Å². The minimum Gasteiger partial charge on any atom is -0.467 e. The van der Waals surface area contributed by atoms with Crippen molar-refractivity contribution in [2.45, 2.75) is 12.5 Å². The fourth-order valence-electron chi connectivity index (χ4n) is 2.17. The second kappa shape index (κ2) is 7.76. The Balaban J connectivity index is 2.16. The third kappa shape index (κ3) is 4.42. The molecular weight excluding hydrogens is 292 g/mol. The average Bonchev–Trinajstić information content (AvgIpc) is 2.61. The van der Waals surface area contributed by atoms with Gasteiger partial charge in [0.15, 0.2) is 0 Å². The molecule has 0 heterocycles. The van der Waals surface area contributed by atoms with Crippen molar-refractivity contribution >= 4 is 11.9 Å². The van der Waals surface area contributed by atoms with Gasteiger partial charge in [-0.25, -0.2) is 4.79 Å². The van der Waals surface area contributed by atoms with Gasteiger partial charge in [-0.3, -0.25) is 4.79 Å². The van der Waals surface area contributed by atoms with Crippen LogP contribution in [0.5, 0.6) is 0 Å². The molecule has 2 rings (SSSR count). The first kappa shape index (κ1) is 16.2. The SMILES string of the molecule is COC(=O)C(Cc1cccc(C#N)c1)NC(=O)c1ccccc1. The summed E-state index contributed by atoms with van der Waals surface area (Å²) in [5.41, 5.74) is 1.74. The fourth-order valence-corrected chi connectivity index (χ4v) is 2.17. The lowest BCUT2D eigenvalue weighted by atomic mass is 10.0. The topological polar surface area (TPSA) is 79.2 Å². The lowest BCUT2D eigenvalue weighted by molar-refractivity contribution is -0.142. The van der Waals surface area contributed by atoms with Gasteiger partial charge in [-0.15, -0.1) is 0 Å². The Morgan fingerprint density at radius 3 is 2.57 bits per heavy atom. The Bertz CT molecular complexity index is 735. The number of nitrogens with zero attached hydrogens (tertiary/aromatic N) is 1. The van der Waals surface area contributed by atoms with Gasteiger partial charge in [0.25, 0.3) is 5.91 Å². The van der Waals surface area contributed by atoms with Crippen molar-refractivity contribution in [3.63, 3.8) is 0 Å². The average molecular weight is 308 g/mol. The van der Waals surface area contributed by atoms with Crippen LogP contribution < -0.4 is 5.32 Å². The minimum absolute atomic E-state index is 0.251. The molecule has 0 aromatic heterocycles. The molecule has 0 aliphatic rings. The number of nitriles is 1. The van der Waals surface area contributed by atoms with Crippen molar-refractivity contribution in [2.24, 2.45) is 0 Å². The van der Waals surface area contributed by atoms with Gasteiger partial charge >= 0.3 is 5.97 Å². The quantitative estimate of drug-likeness (QED) is 0.858. The monoisotopic (exact) mass is 308 g/mol. The summed E-state index contributed by atoms with van der Waals surface area (Å²) in [6.07, 6.45) is 0.251. The molecule has 0 radical (unpaired) electrons. The molecule has 2 aromatic carbocycles. The number of nitrogens with one attached hydrogen (secondary N) is 1. The van der Waals surface area contributed by atoms with Gasteiger partial charge in [-0.2, -0.15) is 5.26 Å². The van der Waals surface area contributed by atoms with Gasteiger partial charge in [-0.1, -0.05) is 30.3 Å². The lowest BCUT2D eigenvalue weighted by Crippen LogP contribution is -2.43. The molecule has 1 atom stereocenters. The van der Waals surface area contributed by atoms with Crippen LogP contribution >= 0.6 is 0 Å². The summed E-state index contributed by atoms with van der Waals surface area (Å²) < 4.78 is 4.76. The highest BCUT2D eigenvalue weighted by atomic mass is 16.5. The van der Waals surface area contributed by atoms with Crippen molar-refractivity contribution < 1.29 is 14.3 Å². The predicted octanol–water partition coefficient (Wildman–Crippen LogP) is 2.07. The summed E-state index contributed by atoms with van der Waals surface area (Å²) in [5.74, 6) is -0.880. The molecule has 0 spiro atoms. The zero-order valence-corrected chi connectivity index (χ0v) is 12.7. The minimum atomic E-state index is -0.818. The maximum Gasteiger partial charge on any atom is 0.328 e. The van der Waals surface area contributed by atoms with Crippen molar-refractivity contribution in [1.29, 1.82) is 5.26 Å². The van der Waals surface area contributed by atoms with Crippen LogP contribution in [0.1, 0.15) is 21.5 Å². The molecule has 0 fully saturated rings. The Morgan fingerprint density at radius 2 is 1.91 bits per heavy atom. The fraction of sp³-hybridized carbons (Fsp3) is 0.167. The summed E-state index contributed by atoms with van der Waals surface area (Å²) in [6, 6.07) is 16.8. The van der Waals surface area contributed by atoms with Crippen molar-refractivity contribution in [3.8, 4) is 6.07 Å². The first-order chi connectivity index (χ1) is 11.1. The van der Waals surface area contributed by atoms with Crippen LogP contribution in [-0.2, 0) is 16.0 Å². The van der Waals surface area contributed by atoms with E-state index in [1.165, 1.54) is 7.11 Å². The Kier molecular flexibility index (Phi) is 5.48. The molecule has 1 amide bonds. The maximum atomic E-state index is 12.2. The largest absolute Gasteiger partial charge is 0.467 e. The molecule has 116 valence electrons. The van der Waals surface area contributed by atoms with E-state index in [0.29, 0.717) is 11.1 Å². The number of carbonyl (C=O) groups excluding carboxylic acids is 2. The number of ether oxygens (including phenoxy) is 1. The number of amides is 1. The highest BCUT2D eigenvalue weighted by Crippen LogP contribution is 2.09. The Morgan fingerprint density at radius 1 is 1.17 bits per heavy atom. The highest BCUT2D eigenvalue weighted by Gasteiger charge is 2.22. The van der Waals surface area contributed by atoms with Gasteiger partial charge in [0.1, 0.15) is 6.04 Å². The van der Waals surface area contributed by atoms with E-state index in [2.05, 4.69) is 5.32 Å². The van der Waals surface area contributed by atoms with E-state index in [1.807, 2.05) is 12.1 Å². The van der Waals surface area contributed by atoms with Crippen molar-refractivity contribution in [1.82, 2.24) is 5.32 Å². The zero-order chi connectivity index (χ0) is 16.7. The second-order valence-electron chi connectivity index (χ2n) is 4.93. The lowest BCUT2D eigenvalue weighted by Gasteiger charge is -2.16. The molecule has 0 saturated heterocycles. The van der Waals surface area contributed by atoms with Crippen LogP contribution in [-0.4, -0.2) is 25.0 Å². The number of hydrogen-bond acceptors (Lipinski definition) is 4. The Hall–Kier alpha value is -3.13. The van der Waals surface area contributed by atoms with E-state index in [9.17, 15) is 9.59 Å². The first-order valence-corrected chi connectivity index (χ1v) is 7.07. The predicted molar refractivity (Wildman–Crippen MR) is 84.6 cm³/mol. The van der Waals surface area contributed by atoms with E-state index in [4.69, 9.17) is 10.00 Å². The Labute approximate surface area is 134 Å². The second-order valence-corrected chi connectivity index (χ2v) is 4.93. The summed E-state index contributed by atoms with van der Waals surface area (Å²) in [4.78, 5) is 24.2. The number of hydrogen-bond donors (Lipinski definition) is 1. The molecular formula is C18H16N2O3. The maximum absolute atomic E-state index is 12.2. The number of esters is 1. The summed E-state index contributed by atoms with van der Waals surface area (Å²) >= 11 is 0. The van der Waals surface area contributed by atoms with Gasteiger partial charge in [0.2, 0.25) is 0 Å². The molecule has 0 saturated carbocycles. The van der Waals surface area contributed by atoms with Crippen LogP contribution in [0.2, 0.25) is 0 Å². The van der Waals surface area contributed by atoms with E-state index >= 15 is 0 Å². The third-order valence-corrected chi connectivity index (χ3v) is 3.32. The van der Waals surface area contributed by atoms with E-state index in [0.717, 1.165) is 5.56 Å². The molecule has 23 heavy (non-hydrogen) atoms. The van der Waals surface area contributed by atoms with Gasteiger partial charge in [-0.05, 0) is 29.8 Å². The van der Waals surface area contributed by atoms with E-state index < -0.39 is 12.0 Å². The number of methoxy groups -OCH3 is 1. The third-order valence-electron chi connectivity index (χ3n) is 3.32. The van der Waals surface area contributed by atoms with Crippen molar-refractivity contribution in [3.05, 3.63) is 71.3 Å². The van der Waals surface area contributed by atoms with Crippen LogP contribution in [0.4, 0.5) is 0 Å². The molecule has 0 aliphatic carbocycles. The van der Waals surface area contributed by atoms with Gasteiger partial charge in [0, 0.05) is 12.0 Å². The molecule has 5 heteroatoms. The number of rotatable bonds is 5.